The van der Waals surface area contributed by atoms with Crippen LogP contribution in [0, 0.1) is 0 Å². The molecule has 1 amide bonds. The van der Waals surface area contributed by atoms with E-state index in [1.54, 1.807) is 0 Å². The first-order valence-corrected chi connectivity index (χ1v) is 3.47. The van der Waals surface area contributed by atoms with E-state index < -0.39 is 6.04 Å². The smallest absolute Gasteiger partial charge is 0.239 e. The van der Waals surface area contributed by atoms with E-state index >= 15 is 0 Å². The quantitative estimate of drug-likeness (QED) is 0.345. The van der Waals surface area contributed by atoms with Gasteiger partial charge in [-0.25, -0.2) is 0 Å². The number of hydrogen-bond acceptors (Lipinski definition) is 4. The van der Waals surface area contributed by atoms with Gasteiger partial charge in [-0.05, 0) is 6.42 Å². The first-order valence-electron chi connectivity index (χ1n) is 3.47. The van der Waals surface area contributed by atoms with Gasteiger partial charge in [0.05, 0.1) is 6.61 Å². The summed E-state index contributed by atoms with van der Waals surface area (Å²) in [5.41, 5.74) is 5.17. The minimum atomic E-state index is -0.853. The third-order valence-corrected chi connectivity index (χ3v) is 1.17. The number of nitrogens with one attached hydrogen (secondary N) is 1. The molecule has 0 aliphatic heterocycles. The molecule has 0 spiro atoms. The van der Waals surface area contributed by atoms with Crippen LogP contribution in [-0.4, -0.2) is 41.9 Å². The molecule has 11 heavy (non-hydrogen) atoms. The van der Waals surface area contributed by atoms with Crippen molar-refractivity contribution in [2.75, 3.05) is 19.8 Å². The van der Waals surface area contributed by atoms with Gasteiger partial charge in [0.2, 0.25) is 5.91 Å². The van der Waals surface area contributed by atoms with Gasteiger partial charge in [0.25, 0.3) is 0 Å². The first-order chi connectivity index (χ1) is 5.22. The van der Waals surface area contributed by atoms with Crippen LogP contribution in [0.25, 0.3) is 0 Å². The molecule has 1 atom stereocenters. The van der Waals surface area contributed by atoms with Crippen LogP contribution in [0.5, 0.6) is 0 Å². The third kappa shape index (κ3) is 4.72. The molecule has 1 unspecified atom stereocenters. The minimum Gasteiger partial charge on any atom is -0.396 e. The molecule has 0 aromatic carbocycles. The Balaban J connectivity index is 3.36. The van der Waals surface area contributed by atoms with Crippen molar-refractivity contribution in [2.24, 2.45) is 5.73 Å². The maximum Gasteiger partial charge on any atom is 0.239 e. The number of carbonyl (C=O) groups is 1. The lowest BCUT2D eigenvalue weighted by molar-refractivity contribution is -0.123. The molecule has 0 saturated heterocycles. The number of amides is 1. The summed E-state index contributed by atoms with van der Waals surface area (Å²) in [6.45, 7) is 0.0721. The summed E-state index contributed by atoms with van der Waals surface area (Å²) in [6.07, 6.45) is 0.504. The lowest BCUT2D eigenvalue weighted by Gasteiger charge is -2.07. The van der Waals surface area contributed by atoms with Crippen LogP contribution in [0.15, 0.2) is 0 Å². The van der Waals surface area contributed by atoms with Gasteiger partial charge >= 0.3 is 0 Å². The fourth-order valence-electron chi connectivity index (χ4n) is 0.505. The molecular weight excluding hydrogens is 148 g/mol. The van der Waals surface area contributed by atoms with E-state index in [-0.39, 0.29) is 19.1 Å². The Morgan fingerprint density at radius 2 is 2.18 bits per heavy atom. The molecule has 0 aromatic heterocycles. The molecule has 0 heterocycles. The van der Waals surface area contributed by atoms with Gasteiger partial charge in [-0.3, -0.25) is 4.79 Å². The molecule has 0 bridgehead atoms. The summed E-state index contributed by atoms with van der Waals surface area (Å²) >= 11 is 0. The van der Waals surface area contributed by atoms with Crippen LogP contribution in [0.1, 0.15) is 6.42 Å². The van der Waals surface area contributed by atoms with Crippen molar-refractivity contribution in [1.82, 2.24) is 5.32 Å². The van der Waals surface area contributed by atoms with Crippen molar-refractivity contribution in [3.05, 3.63) is 0 Å². The molecule has 0 aliphatic carbocycles. The maximum absolute atomic E-state index is 10.8. The molecular formula is C6H14N2O3. The second kappa shape index (κ2) is 6.09. The van der Waals surface area contributed by atoms with E-state index in [4.69, 9.17) is 15.9 Å². The summed E-state index contributed by atoms with van der Waals surface area (Å²) in [5.74, 6) is -0.388. The Labute approximate surface area is 65.2 Å². The number of hydrogen-bond donors (Lipinski definition) is 4. The Kier molecular flexibility index (Phi) is 5.73. The molecule has 0 radical (unpaired) electrons. The minimum absolute atomic E-state index is 0.0364. The lowest BCUT2D eigenvalue weighted by Crippen LogP contribution is -2.43. The Morgan fingerprint density at radius 1 is 1.55 bits per heavy atom. The van der Waals surface area contributed by atoms with Gasteiger partial charge in [0.1, 0.15) is 6.04 Å². The van der Waals surface area contributed by atoms with Gasteiger partial charge in [0, 0.05) is 13.2 Å². The molecule has 5 N–H and O–H groups in total. The van der Waals surface area contributed by atoms with Crippen molar-refractivity contribution in [1.29, 1.82) is 0 Å². The summed E-state index contributed by atoms with van der Waals surface area (Å²) in [4.78, 5) is 10.8. The van der Waals surface area contributed by atoms with Crippen LogP contribution in [0.4, 0.5) is 0 Å². The van der Waals surface area contributed by atoms with Gasteiger partial charge in [-0.2, -0.15) is 0 Å². The van der Waals surface area contributed by atoms with Crippen LogP contribution >= 0.6 is 0 Å². The lowest BCUT2D eigenvalue weighted by atomic mass is 10.3. The van der Waals surface area contributed by atoms with Crippen molar-refractivity contribution in [3.8, 4) is 0 Å². The number of rotatable bonds is 5. The predicted molar refractivity (Wildman–Crippen MR) is 39.8 cm³/mol. The Bertz CT molecular complexity index is 118. The van der Waals surface area contributed by atoms with E-state index in [9.17, 15) is 4.79 Å². The number of nitrogens with two attached hydrogens (primary N) is 1. The fraction of sp³-hybridized carbons (Fsp3) is 0.833. The van der Waals surface area contributed by atoms with E-state index in [1.165, 1.54) is 0 Å². The topological polar surface area (TPSA) is 95.6 Å². The number of carbonyl (C=O) groups excluding carboxylic acids is 1. The molecule has 5 heteroatoms. The predicted octanol–water partition coefficient (Wildman–Crippen LogP) is -2.20. The molecule has 0 fully saturated rings. The zero-order chi connectivity index (χ0) is 8.69. The summed E-state index contributed by atoms with van der Waals surface area (Å²) in [7, 11) is 0. The average molecular weight is 162 g/mol. The monoisotopic (exact) mass is 162 g/mol. The van der Waals surface area contributed by atoms with E-state index in [0.29, 0.717) is 13.0 Å². The fourth-order valence-corrected chi connectivity index (χ4v) is 0.505. The Hall–Kier alpha value is -0.650. The highest BCUT2D eigenvalue weighted by Gasteiger charge is 2.09. The molecule has 5 nitrogen and oxygen atoms in total. The first kappa shape index (κ1) is 10.3. The zero-order valence-electron chi connectivity index (χ0n) is 6.29. The van der Waals surface area contributed by atoms with Crippen LogP contribution in [0.2, 0.25) is 0 Å². The van der Waals surface area contributed by atoms with E-state index in [0.717, 1.165) is 0 Å². The highest BCUT2D eigenvalue weighted by molar-refractivity contribution is 5.81. The van der Waals surface area contributed by atoms with Gasteiger partial charge < -0.3 is 21.3 Å². The normalized spacial score (nSPS) is 12.6. The van der Waals surface area contributed by atoms with Crippen LogP contribution in [0.3, 0.4) is 0 Å². The number of aliphatic hydroxyl groups is 2. The highest BCUT2D eigenvalue weighted by Crippen LogP contribution is 1.77. The van der Waals surface area contributed by atoms with E-state index in [2.05, 4.69) is 5.32 Å². The van der Waals surface area contributed by atoms with Gasteiger partial charge in [-0.1, -0.05) is 0 Å². The molecule has 0 aliphatic rings. The largest absolute Gasteiger partial charge is 0.396 e. The van der Waals surface area contributed by atoms with Crippen molar-refractivity contribution in [2.45, 2.75) is 12.5 Å². The average Bonchev–Trinajstić information content (AvgIpc) is 2.03. The third-order valence-electron chi connectivity index (χ3n) is 1.17. The highest BCUT2D eigenvalue weighted by atomic mass is 16.3. The second-order valence-electron chi connectivity index (χ2n) is 2.16. The summed E-state index contributed by atoms with van der Waals surface area (Å²) in [6, 6.07) is -0.853. The second-order valence-corrected chi connectivity index (χ2v) is 2.16. The summed E-state index contributed by atoms with van der Waals surface area (Å²) in [5, 5.41) is 19.2. The van der Waals surface area contributed by atoms with Crippen molar-refractivity contribution < 1.29 is 15.0 Å². The number of aliphatic hydroxyl groups excluding tert-OH is 2. The standard InChI is InChI=1S/C6H14N2O3/c7-5(4-10)6(11)8-2-1-3-9/h5,9-10H,1-4,7H2,(H,8,11). The Morgan fingerprint density at radius 3 is 2.64 bits per heavy atom. The zero-order valence-corrected chi connectivity index (χ0v) is 6.29. The van der Waals surface area contributed by atoms with Crippen LogP contribution < -0.4 is 11.1 Å². The molecule has 0 aromatic rings. The van der Waals surface area contributed by atoms with Gasteiger partial charge in [-0.15, -0.1) is 0 Å². The maximum atomic E-state index is 10.8. The van der Waals surface area contributed by atoms with Gasteiger partial charge in [0.15, 0.2) is 0 Å². The van der Waals surface area contributed by atoms with Crippen LogP contribution in [-0.2, 0) is 4.79 Å². The van der Waals surface area contributed by atoms with Crippen molar-refractivity contribution in [3.63, 3.8) is 0 Å². The SMILES string of the molecule is NC(CO)C(=O)NCCCO. The van der Waals surface area contributed by atoms with E-state index in [1.807, 2.05) is 0 Å². The molecule has 66 valence electrons. The summed E-state index contributed by atoms with van der Waals surface area (Å²) < 4.78 is 0. The molecule has 0 rings (SSSR count). The van der Waals surface area contributed by atoms with Crippen molar-refractivity contribution >= 4 is 5.91 Å². The molecule has 0 saturated carbocycles.